The van der Waals surface area contributed by atoms with Crippen LogP contribution in [0.2, 0.25) is 0 Å². The zero-order valence-electron chi connectivity index (χ0n) is 12.4. The van der Waals surface area contributed by atoms with Gasteiger partial charge in [0.05, 0.1) is 11.5 Å². The van der Waals surface area contributed by atoms with E-state index in [9.17, 15) is 14.9 Å². The molecule has 0 aromatic heterocycles. The number of ketones is 1. The first-order valence-electron chi connectivity index (χ1n) is 7.07. The lowest BCUT2D eigenvalue weighted by Crippen LogP contribution is -2.02. The number of unbranched alkanes of at least 4 members (excludes halogenated alkanes) is 1. The fraction of sp³-hybridized carbons (Fsp3) is 0.167. The van der Waals surface area contributed by atoms with Crippen molar-refractivity contribution >= 4 is 11.5 Å². The van der Waals surface area contributed by atoms with Gasteiger partial charge in [0.15, 0.2) is 5.78 Å². The van der Waals surface area contributed by atoms with Crippen LogP contribution in [0.5, 0.6) is 5.75 Å². The minimum absolute atomic E-state index is 0.0442. The maximum Gasteiger partial charge on any atom is 0.269 e. The average Bonchev–Trinajstić information content (AvgIpc) is 2.59. The molecule has 0 aliphatic heterocycles. The van der Waals surface area contributed by atoms with Crippen LogP contribution in [-0.4, -0.2) is 17.3 Å². The van der Waals surface area contributed by atoms with Gasteiger partial charge in [-0.25, -0.2) is 0 Å². The van der Waals surface area contributed by atoms with Crippen molar-refractivity contribution in [2.45, 2.75) is 12.8 Å². The second-order valence-corrected chi connectivity index (χ2v) is 4.81. The van der Waals surface area contributed by atoms with Crippen molar-refractivity contribution in [2.24, 2.45) is 0 Å². The molecule has 0 atom stereocenters. The van der Waals surface area contributed by atoms with E-state index in [1.165, 1.54) is 24.3 Å². The normalized spacial score (nSPS) is 9.87. The lowest BCUT2D eigenvalue weighted by Gasteiger charge is -2.06. The number of terminal acetylenes is 1. The van der Waals surface area contributed by atoms with Gasteiger partial charge in [0.2, 0.25) is 0 Å². The maximum atomic E-state index is 12.3. The smallest absolute Gasteiger partial charge is 0.269 e. The van der Waals surface area contributed by atoms with Crippen molar-refractivity contribution in [1.82, 2.24) is 0 Å². The highest BCUT2D eigenvalue weighted by Gasteiger charge is 2.11. The molecule has 0 fully saturated rings. The number of nitrogens with zero attached hydrogens (tertiary/aromatic N) is 1. The van der Waals surface area contributed by atoms with Crippen LogP contribution in [0, 0.1) is 22.5 Å². The van der Waals surface area contributed by atoms with Gasteiger partial charge in [0, 0.05) is 29.7 Å². The topological polar surface area (TPSA) is 69.4 Å². The number of nitro groups is 1. The summed E-state index contributed by atoms with van der Waals surface area (Å²) in [6, 6.07) is 12.3. The summed E-state index contributed by atoms with van der Waals surface area (Å²) in [4.78, 5) is 22.4. The fourth-order valence-electron chi connectivity index (χ4n) is 1.97. The highest BCUT2D eigenvalue weighted by atomic mass is 16.6. The van der Waals surface area contributed by atoms with Crippen LogP contribution in [0.4, 0.5) is 5.69 Å². The van der Waals surface area contributed by atoms with E-state index in [1.54, 1.807) is 24.3 Å². The summed E-state index contributed by atoms with van der Waals surface area (Å²) in [5, 5.41) is 10.6. The van der Waals surface area contributed by atoms with E-state index in [0.29, 0.717) is 29.9 Å². The van der Waals surface area contributed by atoms with Gasteiger partial charge >= 0.3 is 0 Å². The Morgan fingerprint density at radius 3 is 2.17 bits per heavy atom. The van der Waals surface area contributed by atoms with Gasteiger partial charge in [-0.05, 0) is 42.8 Å². The Bertz CT molecular complexity index is 727. The molecular weight excluding hydrogens is 294 g/mol. The highest BCUT2D eigenvalue weighted by molar-refractivity contribution is 6.09. The van der Waals surface area contributed by atoms with Crippen LogP contribution in [0.15, 0.2) is 48.5 Å². The molecule has 0 aliphatic carbocycles. The van der Waals surface area contributed by atoms with E-state index in [1.807, 2.05) is 0 Å². The van der Waals surface area contributed by atoms with Gasteiger partial charge in [0.1, 0.15) is 5.75 Å². The molecule has 116 valence electrons. The lowest BCUT2D eigenvalue weighted by atomic mass is 10.0. The molecule has 2 rings (SSSR count). The van der Waals surface area contributed by atoms with Gasteiger partial charge in [-0.15, -0.1) is 12.3 Å². The van der Waals surface area contributed by atoms with Crippen LogP contribution in [0.3, 0.4) is 0 Å². The highest BCUT2D eigenvalue weighted by Crippen LogP contribution is 2.18. The first-order valence-corrected chi connectivity index (χ1v) is 7.07. The van der Waals surface area contributed by atoms with Crippen LogP contribution in [-0.2, 0) is 0 Å². The van der Waals surface area contributed by atoms with Crippen LogP contribution in [0.25, 0.3) is 0 Å². The summed E-state index contributed by atoms with van der Waals surface area (Å²) in [7, 11) is 0. The van der Waals surface area contributed by atoms with Crippen LogP contribution >= 0.6 is 0 Å². The number of ether oxygens (including phenoxy) is 1. The summed E-state index contributed by atoms with van der Waals surface area (Å²) in [6.45, 7) is 0.528. The second kappa shape index (κ2) is 7.76. The van der Waals surface area contributed by atoms with E-state index >= 15 is 0 Å². The van der Waals surface area contributed by atoms with Crippen LogP contribution < -0.4 is 4.74 Å². The number of rotatable bonds is 7. The molecule has 0 saturated heterocycles. The molecular formula is C18H15NO4. The molecule has 0 heterocycles. The molecule has 2 aromatic carbocycles. The van der Waals surface area contributed by atoms with E-state index < -0.39 is 4.92 Å². The number of benzene rings is 2. The third kappa shape index (κ3) is 4.42. The molecule has 5 nitrogen and oxygen atoms in total. The fourth-order valence-corrected chi connectivity index (χ4v) is 1.97. The molecule has 0 unspecified atom stereocenters. The summed E-state index contributed by atoms with van der Waals surface area (Å²) >= 11 is 0. The number of hydrogen-bond acceptors (Lipinski definition) is 4. The molecule has 0 radical (unpaired) electrons. The minimum Gasteiger partial charge on any atom is -0.494 e. The molecule has 0 N–H and O–H groups in total. The summed E-state index contributed by atoms with van der Waals surface area (Å²) in [5.41, 5.74) is 0.852. The Kier molecular flexibility index (Phi) is 5.48. The Balaban J connectivity index is 2.02. The third-order valence-electron chi connectivity index (χ3n) is 3.19. The molecule has 23 heavy (non-hydrogen) atoms. The zero-order valence-corrected chi connectivity index (χ0v) is 12.4. The van der Waals surface area contributed by atoms with Gasteiger partial charge < -0.3 is 4.74 Å². The first-order chi connectivity index (χ1) is 11.1. The minimum atomic E-state index is -0.499. The van der Waals surface area contributed by atoms with E-state index in [2.05, 4.69) is 5.92 Å². The summed E-state index contributed by atoms with van der Waals surface area (Å²) < 4.78 is 5.51. The molecule has 0 aliphatic rings. The monoisotopic (exact) mass is 309 g/mol. The number of carbonyl (C=O) groups is 1. The number of carbonyl (C=O) groups excluding carboxylic acids is 1. The summed E-state index contributed by atoms with van der Waals surface area (Å²) in [6.07, 6.45) is 6.60. The summed E-state index contributed by atoms with van der Waals surface area (Å²) in [5.74, 6) is 3.01. The van der Waals surface area contributed by atoms with Crippen LogP contribution in [0.1, 0.15) is 28.8 Å². The lowest BCUT2D eigenvalue weighted by molar-refractivity contribution is -0.384. The molecule has 0 bridgehead atoms. The van der Waals surface area contributed by atoms with E-state index in [-0.39, 0.29) is 11.5 Å². The maximum absolute atomic E-state index is 12.3. The standard InChI is InChI=1S/C18H15NO4/c1-2-3-4-13-23-17-11-7-15(8-12-17)18(20)14-5-9-16(10-6-14)19(21)22/h1,5-12H,3-4,13H2. The first kappa shape index (κ1) is 16.2. The number of nitro benzene ring substituents is 1. The Hall–Kier alpha value is -3.13. The van der Waals surface area contributed by atoms with Crippen molar-refractivity contribution in [1.29, 1.82) is 0 Å². The molecule has 0 saturated carbocycles. The SMILES string of the molecule is C#CCCCOc1ccc(C(=O)c2ccc([N+](=O)[O-])cc2)cc1. The van der Waals surface area contributed by atoms with Crippen molar-refractivity contribution in [3.63, 3.8) is 0 Å². The van der Waals surface area contributed by atoms with Gasteiger partial charge in [0.25, 0.3) is 5.69 Å². The van der Waals surface area contributed by atoms with Crippen molar-refractivity contribution < 1.29 is 14.5 Å². The van der Waals surface area contributed by atoms with Crippen molar-refractivity contribution in [2.75, 3.05) is 6.61 Å². The molecule has 0 amide bonds. The van der Waals surface area contributed by atoms with Gasteiger partial charge in [-0.1, -0.05) is 0 Å². The third-order valence-corrected chi connectivity index (χ3v) is 3.19. The van der Waals surface area contributed by atoms with Gasteiger partial charge in [-0.2, -0.15) is 0 Å². The zero-order chi connectivity index (χ0) is 16.7. The molecule has 2 aromatic rings. The second-order valence-electron chi connectivity index (χ2n) is 4.81. The molecule has 5 heteroatoms. The quantitative estimate of drug-likeness (QED) is 0.257. The van der Waals surface area contributed by atoms with E-state index in [4.69, 9.17) is 11.2 Å². The van der Waals surface area contributed by atoms with Crippen molar-refractivity contribution in [3.8, 4) is 18.1 Å². The largest absolute Gasteiger partial charge is 0.494 e. The van der Waals surface area contributed by atoms with Crippen molar-refractivity contribution in [3.05, 3.63) is 69.8 Å². The average molecular weight is 309 g/mol. The predicted octanol–water partition coefficient (Wildman–Crippen LogP) is 3.62. The number of non-ortho nitro benzene ring substituents is 1. The number of hydrogen-bond donors (Lipinski definition) is 0. The Labute approximate surface area is 134 Å². The Morgan fingerprint density at radius 1 is 1.09 bits per heavy atom. The molecule has 0 spiro atoms. The van der Waals surface area contributed by atoms with E-state index in [0.717, 1.165) is 6.42 Å². The Morgan fingerprint density at radius 2 is 1.65 bits per heavy atom. The van der Waals surface area contributed by atoms with Gasteiger partial charge in [-0.3, -0.25) is 14.9 Å². The predicted molar refractivity (Wildman–Crippen MR) is 86.5 cm³/mol.